The summed E-state index contributed by atoms with van der Waals surface area (Å²) in [5.41, 5.74) is 2.15. The van der Waals surface area contributed by atoms with E-state index in [9.17, 15) is 9.90 Å². The van der Waals surface area contributed by atoms with Crippen molar-refractivity contribution in [2.24, 2.45) is 0 Å². The van der Waals surface area contributed by atoms with Gasteiger partial charge in [-0.05, 0) is 62.3 Å². The molecule has 1 amide bonds. The smallest absolute Gasteiger partial charge is 0.267 e. The van der Waals surface area contributed by atoms with Crippen molar-refractivity contribution >= 4 is 34.5 Å². The number of rotatable bonds is 9. The second-order valence-electron chi connectivity index (χ2n) is 7.65. The van der Waals surface area contributed by atoms with Crippen LogP contribution in [0.25, 0.3) is 10.6 Å². The van der Waals surface area contributed by atoms with E-state index in [1.807, 2.05) is 36.4 Å². The molecule has 2 heterocycles. The number of nitrogens with zero attached hydrogens (tertiary/aromatic N) is 2. The highest BCUT2D eigenvalue weighted by Crippen LogP contribution is 2.30. The minimum atomic E-state index is -0.242. The predicted molar refractivity (Wildman–Crippen MR) is 129 cm³/mol. The number of benzene rings is 2. The van der Waals surface area contributed by atoms with Crippen molar-refractivity contribution in [1.82, 2.24) is 9.88 Å². The molecule has 1 aliphatic heterocycles. The lowest BCUT2D eigenvalue weighted by Crippen LogP contribution is -2.25. The van der Waals surface area contributed by atoms with Gasteiger partial charge in [0, 0.05) is 35.8 Å². The molecular weight excluding hydrogens is 446 g/mol. The second-order valence-corrected chi connectivity index (χ2v) is 9.09. The SMILES string of the molecule is O=C(Nc1ccc(OCCN2CCCC2)cc1)c1sc(-c2ccc(Cl)cc2)nc1CCO. The van der Waals surface area contributed by atoms with E-state index in [0.717, 1.165) is 36.0 Å². The van der Waals surface area contributed by atoms with Gasteiger partial charge in [0.05, 0.1) is 5.69 Å². The normalized spacial score (nSPS) is 13.9. The standard InChI is InChI=1S/C24H26ClN3O3S/c25-18-5-3-17(4-6-18)24-27-21(11-15-29)22(32-24)23(30)26-19-7-9-20(10-8-19)31-16-14-28-12-1-2-13-28/h3-10,29H,1-2,11-16H2,(H,26,30). The van der Waals surface area contributed by atoms with Crippen LogP contribution in [0, 0.1) is 0 Å². The number of amides is 1. The number of hydrogen-bond donors (Lipinski definition) is 2. The number of carbonyl (C=O) groups is 1. The van der Waals surface area contributed by atoms with E-state index in [1.54, 1.807) is 12.1 Å². The van der Waals surface area contributed by atoms with Crippen molar-refractivity contribution in [2.45, 2.75) is 19.3 Å². The third kappa shape index (κ3) is 5.86. The maximum absolute atomic E-state index is 12.9. The first-order chi connectivity index (χ1) is 15.6. The van der Waals surface area contributed by atoms with Crippen LogP contribution in [-0.4, -0.2) is 53.7 Å². The number of thiazole rings is 1. The molecule has 1 aromatic heterocycles. The molecule has 4 rings (SSSR count). The fraction of sp³-hybridized carbons (Fsp3) is 0.333. The van der Waals surface area contributed by atoms with Gasteiger partial charge < -0.3 is 15.2 Å². The molecule has 168 valence electrons. The summed E-state index contributed by atoms with van der Waals surface area (Å²) in [7, 11) is 0. The van der Waals surface area contributed by atoms with E-state index in [1.165, 1.54) is 24.2 Å². The number of ether oxygens (including phenoxy) is 1. The Bertz CT molecular complexity index is 1030. The molecule has 0 atom stereocenters. The third-order valence-corrected chi connectivity index (χ3v) is 6.73. The topological polar surface area (TPSA) is 74.7 Å². The highest BCUT2D eigenvalue weighted by molar-refractivity contribution is 7.17. The summed E-state index contributed by atoms with van der Waals surface area (Å²) >= 11 is 7.27. The average molecular weight is 472 g/mol. The molecule has 2 aromatic carbocycles. The number of nitrogens with one attached hydrogen (secondary N) is 1. The predicted octanol–water partition coefficient (Wildman–Crippen LogP) is 4.73. The molecule has 0 unspecified atom stereocenters. The summed E-state index contributed by atoms with van der Waals surface area (Å²) in [6.45, 7) is 3.83. The lowest BCUT2D eigenvalue weighted by molar-refractivity contribution is 0.102. The first-order valence-electron chi connectivity index (χ1n) is 10.8. The van der Waals surface area contributed by atoms with Crippen LogP contribution in [0.1, 0.15) is 28.2 Å². The number of aromatic nitrogens is 1. The number of carbonyl (C=O) groups excluding carboxylic acids is 1. The van der Waals surface area contributed by atoms with Crippen LogP contribution in [0.4, 0.5) is 5.69 Å². The van der Waals surface area contributed by atoms with Gasteiger partial charge in [0.15, 0.2) is 0 Å². The average Bonchev–Trinajstić information content (AvgIpc) is 3.46. The van der Waals surface area contributed by atoms with Crippen molar-refractivity contribution in [1.29, 1.82) is 0 Å². The largest absolute Gasteiger partial charge is 0.492 e. The fourth-order valence-corrected chi connectivity index (χ4v) is 4.78. The Balaban J connectivity index is 1.39. The van der Waals surface area contributed by atoms with Gasteiger partial charge in [0.25, 0.3) is 5.91 Å². The maximum atomic E-state index is 12.9. The minimum absolute atomic E-state index is 0.0759. The van der Waals surface area contributed by atoms with Crippen LogP contribution in [0.2, 0.25) is 5.02 Å². The molecule has 32 heavy (non-hydrogen) atoms. The number of likely N-dealkylation sites (tertiary alicyclic amines) is 1. The van der Waals surface area contributed by atoms with Crippen molar-refractivity contribution in [3.8, 4) is 16.3 Å². The van der Waals surface area contributed by atoms with Gasteiger partial charge >= 0.3 is 0 Å². The lowest BCUT2D eigenvalue weighted by atomic mass is 10.2. The van der Waals surface area contributed by atoms with Gasteiger partial charge in [-0.25, -0.2) is 4.98 Å². The van der Waals surface area contributed by atoms with Gasteiger partial charge in [0.1, 0.15) is 22.2 Å². The van der Waals surface area contributed by atoms with Gasteiger partial charge in [-0.15, -0.1) is 11.3 Å². The summed E-state index contributed by atoms with van der Waals surface area (Å²) in [6.07, 6.45) is 2.86. The minimum Gasteiger partial charge on any atom is -0.492 e. The quantitative estimate of drug-likeness (QED) is 0.472. The van der Waals surface area contributed by atoms with Crippen LogP contribution in [0.5, 0.6) is 5.75 Å². The van der Waals surface area contributed by atoms with Gasteiger partial charge in [0.2, 0.25) is 0 Å². The van der Waals surface area contributed by atoms with Gasteiger partial charge in [-0.2, -0.15) is 0 Å². The Labute approximate surface area is 196 Å². The summed E-state index contributed by atoms with van der Waals surface area (Å²) < 4.78 is 5.82. The highest BCUT2D eigenvalue weighted by atomic mass is 35.5. The molecule has 3 aromatic rings. The molecule has 2 N–H and O–H groups in total. The number of aliphatic hydroxyl groups is 1. The zero-order valence-corrected chi connectivity index (χ0v) is 19.3. The molecule has 0 spiro atoms. The maximum Gasteiger partial charge on any atom is 0.267 e. The summed E-state index contributed by atoms with van der Waals surface area (Å²) in [6, 6.07) is 14.7. The molecule has 1 saturated heterocycles. The Kier molecular flexibility index (Phi) is 7.76. The van der Waals surface area contributed by atoms with Crippen molar-refractivity contribution in [3.63, 3.8) is 0 Å². The zero-order valence-electron chi connectivity index (χ0n) is 17.7. The lowest BCUT2D eigenvalue weighted by Gasteiger charge is -2.15. The molecular formula is C24H26ClN3O3S. The molecule has 6 nitrogen and oxygen atoms in total. The van der Waals surface area contributed by atoms with E-state index >= 15 is 0 Å². The Morgan fingerprint density at radius 2 is 1.84 bits per heavy atom. The van der Waals surface area contributed by atoms with Crippen LogP contribution in [0.3, 0.4) is 0 Å². The van der Waals surface area contributed by atoms with Crippen molar-refractivity contribution < 1.29 is 14.6 Å². The third-order valence-electron chi connectivity index (χ3n) is 5.33. The zero-order chi connectivity index (χ0) is 22.3. The van der Waals surface area contributed by atoms with E-state index in [2.05, 4.69) is 15.2 Å². The van der Waals surface area contributed by atoms with E-state index in [-0.39, 0.29) is 12.5 Å². The first-order valence-corrected chi connectivity index (χ1v) is 11.9. The monoisotopic (exact) mass is 471 g/mol. The van der Waals surface area contributed by atoms with Gasteiger partial charge in [-0.3, -0.25) is 9.69 Å². The number of aliphatic hydroxyl groups excluding tert-OH is 1. The highest BCUT2D eigenvalue weighted by Gasteiger charge is 2.19. The Hall–Kier alpha value is -2.45. The Morgan fingerprint density at radius 3 is 2.53 bits per heavy atom. The van der Waals surface area contributed by atoms with E-state index in [0.29, 0.717) is 34.3 Å². The van der Waals surface area contributed by atoms with E-state index in [4.69, 9.17) is 16.3 Å². The number of hydrogen-bond acceptors (Lipinski definition) is 6. The number of halogens is 1. The molecule has 1 fully saturated rings. The summed E-state index contributed by atoms with van der Waals surface area (Å²) in [4.78, 5) is 20.4. The van der Waals surface area contributed by atoms with Crippen LogP contribution in [0.15, 0.2) is 48.5 Å². The van der Waals surface area contributed by atoms with Crippen LogP contribution < -0.4 is 10.1 Å². The molecule has 8 heteroatoms. The second kappa shape index (κ2) is 10.9. The van der Waals surface area contributed by atoms with Crippen LogP contribution >= 0.6 is 22.9 Å². The Morgan fingerprint density at radius 1 is 1.12 bits per heavy atom. The van der Waals surface area contributed by atoms with E-state index < -0.39 is 0 Å². The molecule has 0 radical (unpaired) electrons. The number of anilines is 1. The van der Waals surface area contributed by atoms with Crippen molar-refractivity contribution in [3.05, 3.63) is 64.1 Å². The molecule has 0 saturated carbocycles. The summed E-state index contributed by atoms with van der Waals surface area (Å²) in [5, 5.41) is 13.7. The van der Waals surface area contributed by atoms with Crippen molar-refractivity contribution in [2.75, 3.05) is 38.2 Å². The van der Waals surface area contributed by atoms with Gasteiger partial charge in [-0.1, -0.05) is 23.7 Å². The molecule has 0 bridgehead atoms. The first kappa shape index (κ1) is 22.7. The molecule has 1 aliphatic rings. The molecule has 0 aliphatic carbocycles. The van der Waals surface area contributed by atoms with Crippen LogP contribution in [-0.2, 0) is 6.42 Å². The summed E-state index contributed by atoms with van der Waals surface area (Å²) in [5.74, 6) is 0.542. The fourth-order valence-electron chi connectivity index (χ4n) is 3.64.